The minimum Gasteiger partial charge on any atom is -0.497 e. The summed E-state index contributed by atoms with van der Waals surface area (Å²) in [6, 6.07) is 16.5. The van der Waals surface area contributed by atoms with Crippen LogP contribution in [0.1, 0.15) is 36.9 Å². The van der Waals surface area contributed by atoms with Gasteiger partial charge < -0.3 is 15.0 Å². The molecule has 1 heterocycles. The number of carbonyl (C=O) groups excluding carboxylic acids is 1. The van der Waals surface area contributed by atoms with Crippen LogP contribution in [0.4, 0.5) is 5.69 Å². The van der Waals surface area contributed by atoms with Gasteiger partial charge in [0, 0.05) is 31.2 Å². The van der Waals surface area contributed by atoms with Gasteiger partial charge in [0.1, 0.15) is 5.75 Å². The Kier molecular flexibility index (Phi) is 5.16. The number of anilines is 1. The van der Waals surface area contributed by atoms with Crippen LogP contribution in [0.2, 0.25) is 0 Å². The first-order valence-corrected chi connectivity index (χ1v) is 8.44. The second-order valence-electron chi connectivity index (χ2n) is 6.20. The molecule has 4 nitrogen and oxygen atoms in total. The molecular weight excluding hydrogens is 300 g/mol. The molecule has 1 aliphatic rings. The number of hydrogen-bond donors (Lipinski definition) is 1. The molecule has 1 fully saturated rings. The molecule has 1 amide bonds. The van der Waals surface area contributed by atoms with Gasteiger partial charge in [0.2, 0.25) is 5.91 Å². The fraction of sp³-hybridized carbons (Fsp3) is 0.350. The largest absolute Gasteiger partial charge is 0.497 e. The maximum atomic E-state index is 11.9. The highest BCUT2D eigenvalue weighted by atomic mass is 16.5. The molecule has 1 atom stereocenters. The molecule has 0 aliphatic carbocycles. The van der Waals surface area contributed by atoms with Gasteiger partial charge in [0.05, 0.1) is 7.11 Å². The molecule has 0 saturated carbocycles. The molecule has 24 heavy (non-hydrogen) atoms. The molecule has 0 spiro atoms. The normalized spacial score (nSPS) is 15.6. The number of amides is 1. The molecule has 3 rings (SSSR count). The maximum absolute atomic E-state index is 11.9. The zero-order chi connectivity index (χ0) is 16.9. The third-order valence-electron chi connectivity index (χ3n) is 4.50. The first-order chi connectivity index (χ1) is 11.7. The van der Waals surface area contributed by atoms with E-state index in [4.69, 9.17) is 4.74 Å². The van der Waals surface area contributed by atoms with Crippen LogP contribution in [0, 0.1) is 0 Å². The summed E-state index contributed by atoms with van der Waals surface area (Å²) in [6.07, 6.45) is 1.61. The monoisotopic (exact) mass is 324 g/mol. The van der Waals surface area contributed by atoms with Crippen molar-refractivity contribution >= 4 is 11.6 Å². The number of benzene rings is 2. The predicted molar refractivity (Wildman–Crippen MR) is 96.3 cm³/mol. The molecule has 1 saturated heterocycles. The second kappa shape index (κ2) is 7.49. The van der Waals surface area contributed by atoms with Gasteiger partial charge in [-0.15, -0.1) is 0 Å². The van der Waals surface area contributed by atoms with Crippen molar-refractivity contribution in [3.8, 4) is 5.75 Å². The average Bonchev–Trinajstić information content (AvgIpc) is 3.06. The number of hydrogen-bond acceptors (Lipinski definition) is 3. The van der Waals surface area contributed by atoms with Crippen molar-refractivity contribution in [3.63, 3.8) is 0 Å². The highest BCUT2D eigenvalue weighted by molar-refractivity contribution is 5.95. The Hall–Kier alpha value is -2.33. The van der Waals surface area contributed by atoms with E-state index in [1.165, 1.54) is 11.1 Å². The van der Waals surface area contributed by atoms with Gasteiger partial charge in [-0.25, -0.2) is 0 Å². The summed E-state index contributed by atoms with van der Waals surface area (Å²) < 4.78 is 5.26. The highest BCUT2D eigenvalue weighted by Crippen LogP contribution is 2.25. The molecule has 2 aromatic rings. The Morgan fingerprint density at radius 3 is 2.79 bits per heavy atom. The molecule has 1 N–H and O–H groups in total. The topological polar surface area (TPSA) is 41.6 Å². The number of ether oxygens (including phenoxy) is 1. The Morgan fingerprint density at radius 2 is 2.04 bits per heavy atom. The summed E-state index contributed by atoms with van der Waals surface area (Å²) in [5.74, 6) is 1.10. The van der Waals surface area contributed by atoms with Crippen molar-refractivity contribution in [1.82, 2.24) is 5.32 Å². The van der Waals surface area contributed by atoms with E-state index in [0.717, 1.165) is 30.9 Å². The zero-order valence-electron chi connectivity index (χ0n) is 14.3. The lowest BCUT2D eigenvalue weighted by atomic mass is 10.1. The van der Waals surface area contributed by atoms with Gasteiger partial charge >= 0.3 is 0 Å². The van der Waals surface area contributed by atoms with Crippen LogP contribution in [0.3, 0.4) is 0 Å². The Labute approximate surface area is 143 Å². The van der Waals surface area contributed by atoms with E-state index >= 15 is 0 Å². The predicted octanol–water partition coefficient (Wildman–Crippen LogP) is 3.67. The molecule has 0 radical (unpaired) electrons. The molecule has 0 aromatic heterocycles. The lowest BCUT2D eigenvalue weighted by Crippen LogP contribution is -2.24. The Bertz CT molecular complexity index is 714. The van der Waals surface area contributed by atoms with Crippen molar-refractivity contribution in [2.24, 2.45) is 0 Å². The van der Waals surface area contributed by atoms with E-state index in [1.807, 2.05) is 35.2 Å². The van der Waals surface area contributed by atoms with E-state index < -0.39 is 0 Å². The van der Waals surface area contributed by atoms with Crippen molar-refractivity contribution in [3.05, 3.63) is 59.7 Å². The van der Waals surface area contributed by atoms with Gasteiger partial charge in [-0.3, -0.25) is 4.79 Å². The number of rotatable bonds is 6. The summed E-state index contributed by atoms with van der Waals surface area (Å²) in [6.45, 7) is 3.74. The molecule has 0 bridgehead atoms. The SMILES string of the molecule is COc1cccc(CNC(C)c2cccc(N3CCCC3=O)c2)c1. The van der Waals surface area contributed by atoms with E-state index in [0.29, 0.717) is 6.42 Å². The first-order valence-electron chi connectivity index (χ1n) is 8.44. The van der Waals surface area contributed by atoms with E-state index in [2.05, 4.69) is 30.4 Å². The molecule has 1 unspecified atom stereocenters. The van der Waals surface area contributed by atoms with Crippen LogP contribution >= 0.6 is 0 Å². The van der Waals surface area contributed by atoms with Crippen molar-refractivity contribution in [1.29, 1.82) is 0 Å². The number of nitrogens with one attached hydrogen (secondary N) is 1. The molecule has 1 aliphatic heterocycles. The summed E-state index contributed by atoms with van der Waals surface area (Å²) in [5, 5.41) is 3.54. The Morgan fingerprint density at radius 1 is 1.21 bits per heavy atom. The molecule has 4 heteroatoms. The first kappa shape index (κ1) is 16.5. The third kappa shape index (κ3) is 3.77. The van der Waals surface area contributed by atoms with Crippen LogP contribution in [-0.2, 0) is 11.3 Å². The van der Waals surface area contributed by atoms with Gasteiger partial charge in [-0.2, -0.15) is 0 Å². The zero-order valence-corrected chi connectivity index (χ0v) is 14.3. The minimum atomic E-state index is 0.203. The maximum Gasteiger partial charge on any atom is 0.227 e. The van der Waals surface area contributed by atoms with Gasteiger partial charge in [-0.05, 0) is 48.7 Å². The number of methoxy groups -OCH3 is 1. The second-order valence-corrected chi connectivity index (χ2v) is 6.20. The van der Waals surface area contributed by atoms with E-state index in [-0.39, 0.29) is 11.9 Å². The van der Waals surface area contributed by atoms with E-state index in [1.54, 1.807) is 7.11 Å². The average molecular weight is 324 g/mol. The lowest BCUT2D eigenvalue weighted by Gasteiger charge is -2.19. The summed E-state index contributed by atoms with van der Waals surface area (Å²) in [5.41, 5.74) is 3.38. The molecule has 2 aromatic carbocycles. The standard InChI is InChI=1S/C20H24N2O2/c1-15(21-14-16-6-3-9-19(12-16)24-2)17-7-4-8-18(13-17)22-11-5-10-20(22)23/h3-4,6-9,12-13,15,21H,5,10-11,14H2,1-2H3. The van der Waals surface area contributed by atoms with Crippen LogP contribution in [0.15, 0.2) is 48.5 Å². The van der Waals surface area contributed by atoms with Crippen molar-refractivity contribution < 1.29 is 9.53 Å². The third-order valence-corrected chi connectivity index (χ3v) is 4.50. The van der Waals surface area contributed by atoms with Gasteiger partial charge in [-0.1, -0.05) is 24.3 Å². The highest BCUT2D eigenvalue weighted by Gasteiger charge is 2.22. The lowest BCUT2D eigenvalue weighted by molar-refractivity contribution is -0.117. The molecular formula is C20H24N2O2. The van der Waals surface area contributed by atoms with Crippen LogP contribution < -0.4 is 15.0 Å². The molecule has 126 valence electrons. The van der Waals surface area contributed by atoms with Crippen LogP contribution in [0.5, 0.6) is 5.75 Å². The Balaban J connectivity index is 1.66. The number of carbonyl (C=O) groups is 1. The van der Waals surface area contributed by atoms with Gasteiger partial charge in [0.25, 0.3) is 0 Å². The van der Waals surface area contributed by atoms with Crippen molar-refractivity contribution in [2.45, 2.75) is 32.4 Å². The van der Waals surface area contributed by atoms with Crippen LogP contribution in [-0.4, -0.2) is 19.6 Å². The van der Waals surface area contributed by atoms with Gasteiger partial charge in [0.15, 0.2) is 0 Å². The summed E-state index contributed by atoms with van der Waals surface area (Å²) in [4.78, 5) is 13.8. The quantitative estimate of drug-likeness (QED) is 0.881. The minimum absolute atomic E-state index is 0.203. The smallest absolute Gasteiger partial charge is 0.227 e. The summed E-state index contributed by atoms with van der Waals surface area (Å²) in [7, 11) is 1.68. The summed E-state index contributed by atoms with van der Waals surface area (Å²) >= 11 is 0. The van der Waals surface area contributed by atoms with Crippen LogP contribution in [0.25, 0.3) is 0 Å². The number of nitrogens with zero attached hydrogens (tertiary/aromatic N) is 1. The van der Waals surface area contributed by atoms with Crippen molar-refractivity contribution in [2.75, 3.05) is 18.6 Å². The van der Waals surface area contributed by atoms with E-state index in [9.17, 15) is 4.79 Å². The fourth-order valence-corrected chi connectivity index (χ4v) is 3.05. The fourth-order valence-electron chi connectivity index (χ4n) is 3.05.